The first-order valence-electron chi connectivity index (χ1n) is 11.5. The van der Waals surface area contributed by atoms with Gasteiger partial charge in [0.05, 0.1) is 24.5 Å². The van der Waals surface area contributed by atoms with Crippen molar-refractivity contribution in [1.82, 2.24) is 25.0 Å². The number of halogens is 1. The molecule has 1 atom stereocenters. The van der Waals surface area contributed by atoms with Crippen molar-refractivity contribution >= 4 is 17.7 Å². The van der Waals surface area contributed by atoms with Gasteiger partial charge in [0.1, 0.15) is 11.6 Å². The number of thioether (sulfide) groups is 1. The van der Waals surface area contributed by atoms with Crippen molar-refractivity contribution in [3.63, 3.8) is 0 Å². The lowest BCUT2D eigenvalue weighted by Gasteiger charge is -2.35. The van der Waals surface area contributed by atoms with E-state index < -0.39 is 0 Å². The Morgan fingerprint density at radius 3 is 2.56 bits per heavy atom. The molecule has 1 aromatic heterocycles. The molecule has 0 spiro atoms. The summed E-state index contributed by atoms with van der Waals surface area (Å²) in [6.45, 7) is 2.59. The summed E-state index contributed by atoms with van der Waals surface area (Å²) in [5.74, 6) is 1.04. The smallest absolute Gasteiger partial charge is 0.230 e. The first-order valence-corrected chi connectivity index (χ1v) is 12.5. The predicted molar refractivity (Wildman–Crippen MR) is 131 cm³/mol. The first-order chi connectivity index (χ1) is 16.6. The fraction of sp³-hybridized carbons (Fsp3) is 0.400. The molecule has 1 aliphatic rings. The minimum Gasteiger partial charge on any atom is -0.497 e. The number of methoxy groups -OCH3 is 1. The summed E-state index contributed by atoms with van der Waals surface area (Å²) in [4.78, 5) is 15.1. The van der Waals surface area contributed by atoms with Crippen molar-refractivity contribution in [1.29, 1.82) is 0 Å². The van der Waals surface area contributed by atoms with E-state index in [1.807, 2.05) is 12.1 Å². The van der Waals surface area contributed by atoms with Gasteiger partial charge in [-0.3, -0.25) is 9.69 Å². The van der Waals surface area contributed by atoms with E-state index in [4.69, 9.17) is 4.74 Å². The van der Waals surface area contributed by atoms with Crippen LogP contribution < -0.4 is 10.1 Å². The summed E-state index contributed by atoms with van der Waals surface area (Å²) < 4.78 is 21.1. The van der Waals surface area contributed by atoms with Crippen LogP contribution in [0.5, 0.6) is 5.75 Å². The summed E-state index contributed by atoms with van der Waals surface area (Å²) in [6.07, 6.45) is 3.60. The highest BCUT2D eigenvalue weighted by molar-refractivity contribution is 7.99. The molecule has 1 fully saturated rings. The van der Waals surface area contributed by atoms with E-state index in [2.05, 4.69) is 32.5 Å². The molecule has 0 saturated carbocycles. The molecular weight excluding hydrogens is 453 g/mol. The SMILES string of the molecule is COc1ccc(C(CNC(=O)CSc2nnc(-c3ccccc3F)n2C)N2CCCCC2)cc1. The third-order valence-electron chi connectivity index (χ3n) is 6.11. The molecule has 2 heterocycles. The Morgan fingerprint density at radius 2 is 1.85 bits per heavy atom. The monoisotopic (exact) mass is 483 g/mol. The highest BCUT2D eigenvalue weighted by atomic mass is 32.2. The van der Waals surface area contributed by atoms with E-state index >= 15 is 0 Å². The highest BCUT2D eigenvalue weighted by Gasteiger charge is 2.23. The van der Waals surface area contributed by atoms with E-state index in [9.17, 15) is 9.18 Å². The second-order valence-corrected chi connectivity index (χ2v) is 9.27. The van der Waals surface area contributed by atoms with Crippen LogP contribution in [-0.2, 0) is 11.8 Å². The Labute approximate surface area is 203 Å². The number of ether oxygens (including phenoxy) is 1. The van der Waals surface area contributed by atoms with Crippen LogP contribution in [0.4, 0.5) is 4.39 Å². The molecule has 1 N–H and O–H groups in total. The topological polar surface area (TPSA) is 72.3 Å². The van der Waals surface area contributed by atoms with E-state index in [0.717, 1.165) is 18.8 Å². The number of carbonyl (C=O) groups is 1. The van der Waals surface area contributed by atoms with Gasteiger partial charge in [-0.1, -0.05) is 42.4 Å². The van der Waals surface area contributed by atoms with Crippen molar-refractivity contribution in [3.8, 4) is 17.1 Å². The van der Waals surface area contributed by atoms with Gasteiger partial charge in [-0.15, -0.1) is 10.2 Å². The summed E-state index contributed by atoms with van der Waals surface area (Å²) in [7, 11) is 3.43. The van der Waals surface area contributed by atoms with Gasteiger partial charge in [0.15, 0.2) is 11.0 Å². The molecule has 180 valence electrons. The van der Waals surface area contributed by atoms with Gasteiger partial charge in [0.2, 0.25) is 5.91 Å². The molecule has 4 rings (SSSR count). The second kappa shape index (κ2) is 11.5. The van der Waals surface area contributed by atoms with E-state index in [0.29, 0.717) is 23.1 Å². The number of hydrogen-bond acceptors (Lipinski definition) is 6. The van der Waals surface area contributed by atoms with Crippen molar-refractivity contribution in [2.75, 3.05) is 32.5 Å². The Hall–Kier alpha value is -2.91. The number of rotatable bonds is 9. The molecule has 34 heavy (non-hydrogen) atoms. The van der Waals surface area contributed by atoms with Crippen LogP contribution >= 0.6 is 11.8 Å². The summed E-state index contributed by atoms with van der Waals surface area (Å²) >= 11 is 1.29. The molecule has 1 unspecified atom stereocenters. The lowest BCUT2D eigenvalue weighted by atomic mass is 10.0. The number of hydrogen-bond donors (Lipinski definition) is 1. The number of amides is 1. The van der Waals surface area contributed by atoms with Crippen LogP contribution in [-0.4, -0.2) is 58.1 Å². The average molecular weight is 484 g/mol. The first kappa shape index (κ1) is 24.2. The fourth-order valence-corrected chi connectivity index (χ4v) is 4.96. The maximum atomic E-state index is 14.1. The molecule has 0 aliphatic carbocycles. The molecule has 1 amide bonds. The third-order valence-corrected chi connectivity index (χ3v) is 7.13. The molecule has 0 radical (unpaired) electrons. The maximum absolute atomic E-state index is 14.1. The van der Waals surface area contributed by atoms with Gasteiger partial charge in [0, 0.05) is 13.6 Å². The van der Waals surface area contributed by atoms with Crippen LogP contribution in [0.15, 0.2) is 53.7 Å². The van der Waals surface area contributed by atoms with Crippen LogP contribution in [0.3, 0.4) is 0 Å². The van der Waals surface area contributed by atoms with Crippen molar-refractivity contribution in [2.24, 2.45) is 7.05 Å². The van der Waals surface area contributed by atoms with Crippen molar-refractivity contribution in [2.45, 2.75) is 30.5 Å². The normalized spacial score (nSPS) is 15.1. The Morgan fingerprint density at radius 1 is 1.12 bits per heavy atom. The van der Waals surface area contributed by atoms with Crippen LogP contribution in [0.25, 0.3) is 11.4 Å². The van der Waals surface area contributed by atoms with Gasteiger partial charge in [-0.2, -0.15) is 0 Å². The zero-order valence-corrected chi connectivity index (χ0v) is 20.4. The van der Waals surface area contributed by atoms with Gasteiger partial charge in [0.25, 0.3) is 0 Å². The van der Waals surface area contributed by atoms with E-state index in [1.165, 1.54) is 42.7 Å². The van der Waals surface area contributed by atoms with Crippen molar-refractivity contribution < 1.29 is 13.9 Å². The second-order valence-electron chi connectivity index (χ2n) is 8.32. The van der Waals surface area contributed by atoms with E-state index in [-0.39, 0.29) is 23.5 Å². The number of carbonyl (C=O) groups excluding carboxylic acids is 1. The fourth-order valence-electron chi connectivity index (χ4n) is 4.22. The quantitative estimate of drug-likeness (QED) is 0.463. The number of piperidine rings is 1. The Kier molecular flexibility index (Phi) is 8.18. The Bertz CT molecular complexity index is 1100. The number of likely N-dealkylation sites (tertiary alicyclic amines) is 1. The molecule has 1 aliphatic heterocycles. The molecule has 0 bridgehead atoms. The predicted octanol–water partition coefficient (Wildman–Crippen LogP) is 4.07. The average Bonchev–Trinajstić information content (AvgIpc) is 3.24. The minimum atomic E-state index is -0.352. The maximum Gasteiger partial charge on any atom is 0.230 e. The molecule has 3 aromatic rings. The van der Waals surface area contributed by atoms with Crippen LogP contribution in [0.1, 0.15) is 30.9 Å². The van der Waals surface area contributed by atoms with E-state index in [1.54, 1.807) is 36.9 Å². The van der Waals surface area contributed by atoms with Crippen LogP contribution in [0.2, 0.25) is 0 Å². The largest absolute Gasteiger partial charge is 0.497 e. The zero-order chi connectivity index (χ0) is 23.9. The molecule has 1 saturated heterocycles. The number of aromatic nitrogens is 3. The number of benzene rings is 2. The standard InChI is InChI=1S/C25H30FN5O2S/c1-30-24(20-8-4-5-9-21(20)26)28-29-25(30)34-17-23(32)27-16-22(31-14-6-3-7-15-31)18-10-12-19(33-2)13-11-18/h4-5,8-13,22H,3,6-7,14-17H2,1-2H3,(H,27,32). The summed E-state index contributed by atoms with van der Waals surface area (Å²) in [5, 5.41) is 11.9. The number of nitrogens with one attached hydrogen (secondary N) is 1. The molecular formula is C25H30FN5O2S. The van der Waals surface area contributed by atoms with Gasteiger partial charge in [-0.05, 0) is 55.8 Å². The van der Waals surface area contributed by atoms with Gasteiger partial charge in [-0.25, -0.2) is 4.39 Å². The molecule has 7 nitrogen and oxygen atoms in total. The Balaban J connectivity index is 1.37. The molecule has 9 heteroatoms. The third kappa shape index (κ3) is 5.77. The van der Waals surface area contributed by atoms with Crippen LogP contribution in [0, 0.1) is 5.82 Å². The minimum absolute atomic E-state index is 0.0732. The number of nitrogens with zero attached hydrogens (tertiary/aromatic N) is 4. The van der Waals surface area contributed by atoms with Crippen molar-refractivity contribution in [3.05, 3.63) is 59.9 Å². The van der Waals surface area contributed by atoms with Gasteiger partial charge < -0.3 is 14.6 Å². The lowest BCUT2D eigenvalue weighted by molar-refractivity contribution is -0.118. The lowest BCUT2D eigenvalue weighted by Crippen LogP contribution is -2.41. The summed E-state index contributed by atoms with van der Waals surface area (Å²) in [5.41, 5.74) is 1.55. The zero-order valence-electron chi connectivity index (χ0n) is 19.5. The molecule has 2 aromatic carbocycles. The summed E-state index contributed by atoms with van der Waals surface area (Å²) in [6, 6.07) is 14.6. The highest BCUT2D eigenvalue weighted by Crippen LogP contribution is 2.27. The van der Waals surface area contributed by atoms with Gasteiger partial charge >= 0.3 is 0 Å².